The van der Waals surface area contributed by atoms with E-state index in [4.69, 9.17) is 9.47 Å². The SMILES string of the molecule is CCOCCCNC(=O)CN1CC(=O)Oc2ccc(C)cc21. The summed E-state index contributed by atoms with van der Waals surface area (Å²) in [5, 5.41) is 2.84. The molecule has 1 aromatic carbocycles. The summed E-state index contributed by atoms with van der Waals surface area (Å²) in [4.78, 5) is 25.4. The molecular formula is C16H22N2O4. The second-order valence-electron chi connectivity index (χ2n) is 5.20. The molecule has 0 radical (unpaired) electrons. The number of carbonyl (C=O) groups is 2. The Bertz CT molecular complexity index is 545. The van der Waals surface area contributed by atoms with Crippen molar-refractivity contribution in [3.63, 3.8) is 0 Å². The van der Waals surface area contributed by atoms with Crippen LogP contribution in [-0.2, 0) is 14.3 Å². The molecule has 0 aliphatic carbocycles. The smallest absolute Gasteiger partial charge is 0.331 e. The molecule has 0 saturated carbocycles. The van der Waals surface area contributed by atoms with Crippen molar-refractivity contribution in [1.82, 2.24) is 5.32 Å². The first kappa shape index (κ1) is 16.3. The van der Waals surface area contributed by atoms with Crippen LogP contribution in [0.3, 0.4) is 0 Å². The first-order valence-electron chi connectivity index (χ1n) is 7.51. The average molecular weight is 306 g/mol. The summed E-state index contributed by atoms with van der Waals surface area (Å²) < 4.78 is 10.4. The van der Waals surface area contributed by atoms with Crippen LogP contribution >= 0.6 is 0 Å². The molecule has 22 heavy (non-hydrogen) atoms. The maximum absolute atomic E-state index is 12.0. The Hall–Kier alpha value is -2.08. The van der Waals surface area contributed by atoms with E-state index in [1.165, 1.54) is 0 Å². The van der Waals surface area contributed by atoms with Gasteiger partial charge in [-0.15, -0.1) is 0 Å². The second-order valence-corrected chi connectivity index (χ2v) is 5.20. The fourth-order valence-electron chi connectivity index (χ4n) is 2.27. The first-order chi connectivity index (χ1) is 10.6. The summed E-state index contributed by atoms with van der Waals surface area (Å²) in [6.07, 6.45) is 0.775. The van der Waals surface area contributed by atoms with Gasteiger partial charge in [-0.05, 0) is 38.0 Å². The van der Waals surface area contributed by atoms with Crippen molar-refractivity contribution in [3.05, 3.63) is 23.8 Å². The molecule has 0 saturated heterocycles. The number of aryl methyl sites for hydroxylation is 1. The van der Waals surface area contributed by atoms with E-state index >= 15 is 0 Å². The number of nitrogens with zero attached hydrogens (tertiary/aromatic N) is 1. The predicted molar refractivity (Wildman–Crippen MR) is 83.1 cm³/mol. The van der Waals surface area contributed by atoms with Gasteiger partial charge < -0.3 is 19.7 Å². The minimum atomic E-state index is -0.347. The van der Waals surface area contributed by atoms with Crippen molar-refractivity contribution in [2.24, 2.45) is 0 Å². The summed E-state index contributed by atoms with van der Waals surface area (Å²) in [6.45, 7) is 6.01. The summed E-state index contributed by atoms with van der Waals surface area (Å²) in [5.41, 5.74) is 1.84. The van der Waals surface area contributed by atoms with Gasteiger partial charge in [0.2, 0.25) is 5.91 Å². The van der Waals surface area contributed by atoms with Crippen LogP contribution in [0.25, 0.3) is 0 Å². The van der Waals surface area contributed by atoms with E-state index in [2.05, 4.69) is 5.32 Å². The van der Waals surface area contributed by atoms with Gasteiger partial charge in [0.25, 0.3) is 0 Å². The molecule has 0 bridgehead atoms. The number of ether oxygens (including phenoxy) is 2. The van der Waals surface area contributed by atoms with Gasteiger partial charge in [0, 0.05) is 19.8 Å². The maximum Gasteiger partial charge on any atom is 0.331 e. The number of amides is 1. The zero-order valence-corrected chi connectivity index (χ0v) is 13.1. The van der Waals surface area contributed by atoms with Crippen LogP contribution in [0, 0.1) is 6.92 Å². The van der Waals surface area contributed by atoms with Crippen LogP contribution < -0.4 is 15.0 Å². The van der Waals surface area contributed by atoms with Crippen LogP contribution in [0.4, 0.5) is 5.69 Å². The highest BCUT2D eigenvalue weighted by Crippen LogP contribution is 2.32. The average Bonchev–Trinajstić information content (AvgIpc) is 2.47. The molecule has 1 aliphatic rings. The Morgan fingerprint density at radius 3 is 3.05 bits per heavy atom. The van der Waals surface area contributed by atoms with E-state index in [1.807, 2.05) is 26.0 Å². The fourth-order valence-corrected chi connectivity index (χ4v) is 2.27. The maximum atomic E-state index is 12.0. The highest BCUT2D eigenvalue weighted by Gasteiger charge is 2.25. The molecule has 120 valence electrons. The number of benzene rings is 1. The third kappa shape index (κ3) is 4.46. The zero-order chi connectivity index (χ0) is 15.9. The summed E-state index contributed by atoms with van der Waals surface area (Å²) in [5.74, 6) is 0.0464. The number of anilines is 1. The van der Waals surface area contributed by atoms with Gasteiger partial charge in [-0.2, -0.15) is 0 Å². The first-order valence-corrected chi connectivity index (χ1v) is 7.51. The van der Waals surface area contributed by atoms with Gasteiger partial charge in [0.05, 0.1) is 12.2 Å². The van der Waals surface area contributed by atoms with Crippen LogP contribution in [0.1, 0.15) is 18.9 Å². The molecule has 0 atom stereocenters. The Morgan fingerprint density at radius 1 is 1.45 bits per heavy atom. The van der Waals surface area contributed by atoms with Crippen molar-refractivity contribution in [1.29, 1.82) is 0 Å². The molecule has 2 rings (SSSR count). The van der Waals surface area contributed by atoms with Crippen molar-refractivity contribution in [3.8, 4) is 5.75 Å². The van der Waals surface area contributed by atoms with Crippen molar-refractivity contribution >= 4 is 17.6 Å². The minimum absolute atomic E-state index is 0.0861. The second kappa shape index (κ2) is 7.79. The lowest BCUT2D eigenvalue weighted by molar-refractivity contribution is -0.133. The standard InChI is InChI=1S/C16H22N2O4/c1-3-21-8-4-7-17-15(19)10-18-11-16(20)22-14-6-5-12(2)9-13(14)18/h5-6,9H,3-4,7-8,10-11H2,1-2H3,(H,17,19). The normalized spacial score (nSPS) is 13.5. The van der Waals surface area contributed by atoms with E-state index < -0.39 is 0 Å². The highest BCUT2D eigenvalue weighted by molar-refractivity contribution is 5.89. The largest absolute Gasteiger partial charge is 0.423 e. The number of carbonyl (C=O) groups excluding carboxylic acids is 2. The Balaban J connectivity index is 1.91. The molecule has 0 spiro atoms. The van der Waals surface area contributed by atoms with E-state index in [9.17, 15) is 9.59 Å². The minimum Gasteiger partial charge on any atom is -0.423 e. The zero-order valence-electron chi connectivity index (χ0n) is 13.1. The molecule has 1 heterocycles. The highest BCUT2D eigenvalue weighted by atomic mass is 16.5. The molecule has 0 unspecified atom stereocenters. The van der Waals surface area contributed by atoms with E-state index in [0.29, 0.717) is 25.5 Å². The number of hydrogen-bond donors (Lipinski definition) is 1. The molecule has 1 aliphatic heterocycles. The van der Waals surface area contributed by atoms with Crippen LogP contribution in [0.15, 0.2) is 18.2 Å². The molecular weight excluding hydrogens is 284 g/mol. The Morgan fingerprint density at radius 2 is 2.27 bits per heavy atom. The predicted octanol–water partition coefficient (Wildman–Crippen LogP) is 1.26. The van der Waals surface area contributed by atoms with Gasteiger partial charge in [-0.25, -0.2) is 4.79 Å². The molecule has 1 aromatic rings. The molecule has 0 aromatic heterocycles. The van der Waals surface area contributed by atoms with E-state index in [-0.39, 0.29) is 25.0 Å². The number of esters is 1. The summed E-state index contributed by atoms with van der Waals surface area (Å²) >= 11 is 0. The third-order valence-corrected chi connectivity index (χ3v) is 3.33. The van der Waals surface area contributed by atoms with Crippen LogP contribution in [0.5, 0.6) is 5.75 Å². The monoisotopic (exact) mass is 306 g/mol. The lowest BCUT2D eigenvalue weighted by Crippen LogP contribution is -2.43. The summed E-state index contributed by atoms with van der Waals surface area (Å²) in [6, 6.07) is 5.56. The molecule has 1 N–H and O–H groups in total. The number of fused-ring (bicyclic) bond motifs is 1. The van der Waals surface area contributed by atoms with Crippen molar-refractivity contribution in [2.75, 3.05) is 37.7 Å². The fraction of sp³-hybridized carbons (Fsp3) is 0.500. The molecule has 1 amide bonds. The Kier molecular flexibility index (Phi) is 5.77. The topological polar surface area (TPSA) is 67.9 Å². The molecule has 0 fully saturated rings. The summed E-state index contributed by atoms with van der Waals surface area (Å²) in [7, 11) is 0. The Labute approximate surface area is 130 Å². The number of nitrogens with one attached hydrogen (secondary N) is 1. The number of hydrogen-bond acceptors (Lipinski definition) is 5. The van der Waals surface area contributed by atoms with Crippen molar-refractivity contribution < 1.29 is 19.1 Å². The molecule has 6 nitrogen and oxygen atoms in total. The number of rotatable bonds is 7. The van der Waals surface area contributed by atoms with Gasteiger partial charge in [0.1, 0.15) is 6.54 Å². The van der Waals surface area contributed by atoms with Gasteiger partial charge in [-0.3, -0.25) is 4.79 Å². The van der Waals surface area contributed by atoms with Gasteiger partial charge >= 0.3 is 5.97 Å². The molecule has 6 heteroatoms. The third-order valence-electron chi connectivity index (χ3n) is 3.33. The quantitative estimate of drug-likeness (QED) is 0.467. The van der Waals surface area contributed by atoms with Crippen molar-refractivity contribution in [2.45, 2.75) is 20.3 Å². The van der Waals surface area contributed by atoms with Gasteiger partial charge in [0.15, 0.2) is 5.75 Å². The van der Waals surface area contributed by atoms with E-state index in [1.54, 1.807) is 11.0 Å². The van der Waals surface area contributed by atoms with Gasteiger partial charge in [-0.1, -0.05) is 6.07 Å². The van der Waals surface area contributed by atoms with Crippen LogP contribution in [0.2, 0.25) is 0 Å². The van der Waals surface area contributed by atoms with E-state index in [0.717, 1.165) is 17.7 Å². The lowest BCUT2D eigenvalue weighted by atomic mass is 10.1. The lowest BCUT2D eigenvalue weighted by Gasteiger charge is -2.29. The van der Waals surface area contributed by atoms with Crippen LogP contribution in [-0.4, -0.2) is 44.7 Å².